The minimum atomic E-state index is -1.82. The topological polar surface area (TPSA) is 20.2 Å². The number of halogens is 1. The molecule has 0 saturated carbocycles. The highest BCUT2D eigenvalue weighted by Gasteiger charge is 2.44. The molecule has 12 heavy (non-hydrogen) atoms. The minimum absolute atomic E-state index is 0.126. The molecule has 1 aliphatic rings. The zero-order valence-corrected chi connectivity index (χ0v) is 6.92. The van der Waals surface area contributed by atoms with Crippen molar-refractivity contribution in [2.75, 3.05) is 0 Å². The van der Waals surface area contributed by atoms with Crippen molar-refractivity contribution in [3.05, 3.63) is 24.3 Å². The lowest BCUT2D eigenvalue weighted by Gasteiger charge is -2.33. The largest absolute Gasteiger partial charge is 0.374 e. The number of alkyl halides is 1. The van der Waals surface area contributed by atoms with Gasteiger partial charge in [-0.25, -0.2) is 4.39 Å². The van der Waals surface area contributed by atoms with Crippen LogP contribution in [0.4, 0.5) is 4.39 Å². The van der Waals surface area contributed by atoms with Crippen LogP contribution in [0.2, 0.25) is 0 Å². The average molecular weight is 166 g/mol. The van der Waals surface area contributed by atoms with E-state index >= 15 is 0 Å². The third-order valence-corrected chi connectivity index (χ3v) is 2.11. The van der Waals surface area contributed by atoms with Crippen LogP contribution < -0.4 is 0 Å². The Balaban J connectivity index is 2.95. The molecule has 2 unspecified atom stereocenters. The SMILES string of the molecule is C#CC(C)(O)C1(F)C=CC=CC1. The minimum Gasteiger partial charge on any atom is -0.374 e. The number of terminal acetylenes is 1. The van der Waals surface area contributed by atoms with Gasteiger partial charge in [0.2, 0.25) is 0 Å². The summed E-state index contributed by atoms with van der Waals surface area (Å²) in [4.78, 5) is 0. The molecule has 0 aromatic rings. The van der Waals surface area contributed by atoms with Crippen molar-refractivity contribution in [2.45, 2.75) is 24.6 Å². The van der Waals surface area contributed by atoms with Crippen LogP contribution in [0.3, 0.4) is 0 Å². The Bertz CT molecular complexity index is 270. The van der Waals surface area contributed by atoms with Crippen LogP contribution in [0.5, 0.6) is 0 Å². The Morgan fingerprint density at radius 3 is 2.75 bits per heavy atom. The molecule has 0 aromatic heterocycles. The van der Waals surface area contributed by atoms with Crippen LogP contribution in [0, 0.1) is 12.3 Å². The molecule has 0 aromatic carbocycles. The molecule has 0 heterocycles. The highest BCUT2D eigenvalue weighted by Crippen LogP contribution is 2.33. The van der Waals surface area contributed by atoms with E-state index in [0.29, 0.717) is 0 Å². The third kappa shape index (κ3) is 1.28. The summed E-state index contributed by atoms with van der Waals surface area (Å²) in [6.07, 6.45) is 11.4. The first kappa shape index (κ1) is 9.02. The van der Waals surface area contributed by atoms with E-state index in [1.165, 1.54) is 13.0 Å². The Morgan fingerprint density at radius 2 is 2.33 bits per heavy atom. The summed E-state index contributed by atoms with van der Waals surface area (Å²) in [6.45, 7) is 1.30. The van der Waals surface area contributed by atoms with Crippen molar-refractivity contribution in [3.63, 3.8) is 0 Å². The van der Waals surface area contributed by atoms with Gasteiger partial charge in [-0.1, -0.05) is 24.1 Å². The van der Waals surface area contributed by atoms with Gasteiger partial charge in [0, 0.05) is 6.42 Å². The summed E-state index contributed by atoms with van der Waals surface area (Å²) in [7, 11) is 0. The van der Waals surface area contributed by atoms with Gasteiger partial charge >= 0.3 is 0 Å². The molecular weight excluding hydrogens is 155 g/mol. The summed E-state index contributed by atoms with van der Waals surface area (Å²) in [5.41, 5.74) is -3.55. The number of aliphatic hydroxyl groups is 1. The number of allylic oxidation sites excluding steroid dienone is 3. The van der Waals surface area contributed by atoms with Crippen LogP contribution in [0.1, 0.15) is 13.3 Å². The monoisotopic (exact) mass is 166 g/mol. The van der Waals surface area contributed by atoms with Gasteiger partial charge in [-0.15, -0.1) is 6.42 Å². The number of hydrogen-bond acceptors (Lipinski definition) is 1. The standard InChI is InChI=1S/C10H11FO/c1-3-9(2,12)10(11)7-5-4-6-8-10/h1,4-7,12H,8H2,2H3. The molecule has 0 amide bonds. The Hall–Kier alpha value is -1.07. The van der Waals surface area contributed by atoms with Crippen molar-refractivity contribution in [1.82, 2.24) is 0 Å². The Kier molecular flexibility index (Phi) is 2.08. The molecule has 0 aliphatic heterocycles. The summed E-state index contributed by atoms with van der Waals surface area (Å²) in [5.74, 6) is 2.05. The smallest absolute Gasteiger partial charge is 0.172 e. The summed E-state index contributed by atoms with van der Waals surface area (Å²) in [5, 5.41) is 9.51. The van der Waals surface area contributed by atoms with E-state index < -0.39 is 11.3 Å². The third-order valence-electron chi connectivity index (χ3n) is 2.11. The highest BCUT2D eigenvalue weighted by atomic mass is 19.1. The highest BCUT2D eigenvalue weighted by molar-refractivity contribution is 5.29. The maximum atomic E-state index is 13.8. The van der Waals surface area contributed by atoms with E-state index in [1.807, 2.05) is 5.92 Å². The predicted octanol–water partition coefficient (Wildman–Crippen LogP) is 1.59. The van der Waals surface area contributed by atoms with Crippen LogP contribution >= 0.6 is 0 Å². The lowest BCUT2D eigenvalue weighted by molar-refractivity contribution is -0.0163. The van der Waals surface area contributed by atoms with E-state index in [2.05, 4.69) is 0 Å². The first-order chi connectivity index (χ1) is 5.52. The fraction of sp³-hybridized carbons (Fsp3) is 0.400. The van der Waals surface area contributed by atoms with Gasteiger partial charge in [0.15, 0.2) is 11.3 Å². The molecule has 0 bridgehead atoms. The van der Waals surface area contributed by atoms with Gasteiger partial charge in [0.25, 0.3) is 0 Å². The molecule has 1 rings (SSSR count). The first-order valence-electron chi connectivity index (χ1n) is 3.75. The molecule has 2 atom stereocenters. The van der Waals surface area contributed by atoms with Gasteiger partial charge in [-0.3, -0.25) is 0 Å². The van der Waals surface area contributed by atoms with Crippen molar-refractivity contribution in [3.8, 4) is 12.3 Å². The molecule has 1 N–H and O–H groups in total. The second kappa shape index (κ2) is 2.76. The van der Waals surface area contributed by atoms with Crippen LogP contribution in [0.15, 0.2) is 24.3 Å². The van der Waals surface area contributed by atoms with Gasteiger partial charge < -0.3 is 5.11 Å². The molecule has 0 radical (unpaired) electrons. The van der Waals surface area contributed by atoms with E-state index in [9.17, 15) is 9.50 Å². The van der Waals surface area contributed by atoms with Crippen LogP contribution in [0.25, 0.3) is 0 Å². The lowest BCUT2D eigenvalue weighted by Crippen LogP contribution is -2.46. The molecule has 0 spiro atoms. The fourth-order valence-corrected chi connectivity index (χ4v) is 1.08. The molecule has 2 heteroatoms. The van der Waals surface area contributed by atoms with Crippen LogP contribution in [-0.4, -0.2) is 16.4 Å². The van der Waals surface area contributed by atoms with E-state index in [4.69, 9.17) is 6.42 Å². The second-order valence-corrected chi connectivity index (χ2v) is 3.07. The molecular formula is C10H11FO. The summed E-state index contributed by atoms with van der Waals surface area (Å²) in [6, 6.07) is 0. The van der Waals surface area contributed by atoms with Crippen molar-refractivity contribution < 1.29 is 9.50 Å². The van der Waals surface area contributed by atoms with Gasteiger partial charge in [-0.2, -0.15) is 0 Å². The Morgan fingerprint density at radius 1 is 1.67 bits per heavy atom. The first-order valence-corrected chi connectivity index (χ1v) is 3.75. The summed E-state index contributed by atoms with van der Waals surface area (Å²) >= 11 is 0. The van der Waals surface area contributed by atoms with Crippen molar-refractivity contribution in [2.24, 2.45) is 0 Å². The maximum absolute atomic E-state index is 13.8. The van der Waals surface area contributed by atoms with Gasteiger partial charge in [0.1, 0.15) is 0 Å². The van der Waals surface area contributed by atoms with E-state index in [0.717, 1.165) is 0 Å². The molecule has 1 nitrogen and oxygen atoms in total. The maximum Gasteiger partial charge on any atom is 0.172 e. The van der Waals surface area contributed by atoms with Crippen molar-refractivity contribution >= 4 is 0 Å². The zero-order chi connectivity index (χ0) is 9.24. The second-order valence-electron chi connectivity index (χ2n) is 3.07. The zero-order valence-electron chi connectivity index (χ0n) is 6.92. The lowest BCUT2D eigenvalue weighted by atomic mass is 9.82. The normalized spacial score (nSPS) is 32.5. The van der Waals surface area contributed by atoms with E-state index in [1.54, 1.807) is 18.2 Å². The van der Waals surface area contributed by atoms with E-state index in [-0.39, 0.29) is 6.42 Å². The Labute approximate surface area is 71.6 Å². The predicted molar refractivity (Wildman–Crippen MR) is 46.2 cm³/mol. The quantitative estimate of drug-likeness (QED) is 0.586. The van der Waals surface area contributed by atoms with Crippen molar-refractivity contribution in [1.29, 1.82) is 0 Å². The molecule has 64 valence electrons. The number of hydrogen-bond donors (Lipinski definition) is 1. The molecule has 1 aliphatic carbocycles. The number of rotatable bonds is 1. The molecule has 0 saturated heterocycles. The van der Waals surface area contributed by atoms with Gasteiger partial charge in [0.05, 0.1) is 0 Å². The summed E-state index contributed by atoms with van der Waals surface area (Å²) < 4.78 is 13.8. The molecule has 0 fully saturated rings. The van der Waals surface area contributed by atoms with Gasteiger partial charge in [-0.05, 0) is 13.0 Å². The fourth-order valence-electron chi connectivity index (χ4n) is 1.08. The average Bonchev–Trinajstić information content (AvgIpc) is 2.06. The van der Waals surface area contributed by atoms with Crippen LogP contribution in [-0.2, 0) is 0 Å².